The third-order valence-corrected chi connectivity index (χ3v) is 11.0. The quantitative estimate of drug-likeness (QED) is 0.151. The summed E-state index contributed by atoms with van der Waals surface area (Å²) in [5, 5.41) is 2.26. The van der Waals surface area contributed by atoms with E-state index in [4.69, 9.17) is 36.5 Å². The topological polar surface area (TPSA) is 81.7 Å². The Labute approximate surface area is 332 Å². The van der Waals surface area contributed by atoms with Gasteiger partial charge in [0.1, 0.15) is 0 Å². The molecule has 0 atom stereocenters. The number of thiophene rings is 1. The lowest BCUT2D eigenvalue weighted by molar-refractivity contribution is 1.07. The maximum atomic E-state index is 7.28. The number of hydrogen-bond donors (Lipinski definition) is 0. The zero-order valence-electron chi connectivity index (χ0n) is 30.3. The summed E-state index contributed by atoms with van der Waals surface area (Å²) in [7, 11) is 0. The van der Waals surface area contributed by atoms with Gasteiger partial charge in [-0.15, -0.1) is 11.3 Å². The van der Waals surface area contributed by atoms with Crippen LogP contribution in [0, 0.1) is 6.57 Å². The minimum Gasteiger partial charge on any atom is -0.238 e. The molecule has 3 heterocycles. The Morgan fingerprint density at radius 1 is 0.351 bits per heavy atom. The number of hydrogen-bond acceptors (Lipinski definition) is 7. The van der Waals surface area contributed by atoms with Crippen LogP contribution in [-0.2, 0) is 0 Å². The fourth-order valence-electron chi connectivity index (χ4n) is 6.93. The predicted octanol–water partition coefficient (Wildman–Crippen LogP) is 12.6. The van der Waals surface area contributed by atoms with Gasteiger partial charge in [-0.1, -0.05) is 164 Å². The molecule has 10 aromatic rings. The molecule has 266 valence electrons. The van der Waals surface area contributed by atoms with Crippen LogP contribution in [-0.4, -0.2) is 29.9 Å². The summed E-state index contributed by atoms with van der Waals surface area (Å²) in [5.74, 6) is 3.67. The summed E-state index contributed by atoms with van der Waals surface area (Å²) in [6.45, 7) is 7.28. The zero-order chi connectivity index (χ0) is 38.1. The molecular weight excluding hydrogens is 719 g/mol. The average Bonchev–Trinajstić information content (AvgIpc) is 3.68. The second kappa shape index (κ2) is 14.5. The highest BCUT2D eigenvalue weighted by Crippen LogP contribution is 2.41. The van der Waals surface area contributed by atoms with Crippen molar-refractivity contribution in [3.63, 3.8) is 0 Å². The Morgan fingerprint density at radius 3 is 1.28 bits per heavy atom. The van der Waals surface area contributed by atoms with Crippen LogP contribution in [0.5, 0.6) is 0 Å². The van der Waals surface area contributed by atoms with E-state index in [0.717, 1.165) is 64.7 Å². The molecule has 0 unspecified atom stereocenters. The smallest absolute Gasteiger partial charge is 0.187 e. The summed E-state index contributed by atoms with van der Waals surface area (Å²) in [6.07, 6.45) is 0. The van der Waals surface area contributed by atoms with Gasteiger partial charge in [0.2, 0.25) is 0 Å². The molecule has 0 aliphatic heterocycles. The Hall–Kier alpha value is -7.73. The first-order valence-electron chi connectivity index (χ1n) is 18.4. The van der Waals surface area contributed by atoms with Crippen LogP contribution in [0.15, 0.2) is 176 Å². The molecule has 0 aliphatic rings. The molecule has 0 N–H and O–H groups in total. The molecule has 0 amide bonds. The van der Waals surface area contributed by atoms with Gasteiger partial charge in [-0.25, -0.2) is 34.7 Å². The Kier molecular flexibility index (Phi) is 8.60. The van der Waals surface area contributed by atoms with E-state index in [9.17, 15) is 0 Å². The van der Waals surface area contributed by atoms with Crippen molar-refractivity contribution in [1.29, 1.82) is 0 Å². The molecule has 0 spiro atoms. The van der Waals surface area contributed by atoms with Crippen molar-refractivity contribution < 1.29 is 0 Å². The molecule has 0 saturated heterocycles. The number of fused-ring (bicyclic) bond motifs is 3. The molecule has 0 bridgehead atoms. The maximum Gasteiger partial charge on any atom is 0.187 e. The highest BCUT2D eigenvalue weighted by atomic mass is 32.1. The summed E-state index contributed by atoms with van der Waals surface area (Å²) < 4.78 is 2.19. The predicted molar refractivity (Wildman–Crippen MR) is 230 cm³/mol. The molecule has 0 fully saturated rings. The van der Waals surface area contributed by atoms with Crippen LogP contribution < -0.4 is 0 Å². The van der Waals surface area contributed by atoms with E-state index in [0.29, 0.717) is 40.6 Å². The fraction of sp³-hybridized carbons (Fsp3) is 0. The molecule has 0 saturated carbocycles. The second-order valence-corrected chi connectivity index (χ2v) is 14.5. The van der Waals surface area contributed by atoms with Crippen LogP contribution in [0.25, 0.3) is 104 Å². The normalized spacial score (nSPS) is 11.1. The van der Waals surface area contributed by atoms with Gasteiger partial charge in [-0.2, -0.15) is 0 Å². The molecule has 7 aromatic carbocycles. The van der Waals surface area contributed by atoms with Gasteiger partial charge in [-0.05, 0) is 23.3 Å². The van der Waals surface area contributed by atoms with Gasteiger partial charge in [0, 0.05) is 53.6 Å². The number of aromatic nitrogens is 6. The van der Waals surface area contributed by atoms with Crippen molar-refractivity contribution >= 4 is 37.2 Å². The van der Waals surface area contributed by atoms with Crippen LogP contribution in [0.2, 0.25) is 0 Å². The number of benzene rings is 7. The third-order valence-electron chi connectivity index (χ3n) is 9.84. The average molecular weight is 748 g/mol. The standard InChI is InChI=1S/C49H29N7S/c1-50-38-27-24-32(25-28-38)31-20-22-36(23-21-31)47-52-46(35-16-9-4-10-17-35)55-49(56-47)41-19-11-18-40-39-29-26-37(30-42(39)57-43(40)41)48-53-44(33-12-5-2-6-13-33)51-45(54-48)34-14-7-3-8-15-34/h2-30H. The lowest BCUT2D eigenvalue weighted by Crippen LogP contribution is -2.00. The number of rotatable bonds is 7. The van der Waals surface area contributed by atoms with Crippen LogP contribution >= 0.6 is 11.3 Å². The van der Waals surface area contributed by atoms with E-state index in [1.165, 1.54) is 0 Å². The van der Waals surface area contributed by atoms with Gasteiger partial charge in [-0.3, -0.25) is 0 Å². The third kappa shape index (κ3) is 6.59. The summed E-state index contributed by atoms with van der Waals surface area (Å²) in [4.78, 5) is 33.5. The Morgan fingerprint density at radius 2 is 0.772 bits per heavy atom. The largest absolute Gasteiger partial charge is 0.238 e. The van der Waals surface area contributed by atoms with Crippen LogP contribution in [0.3, 0.4) is 0 Å². The van der Waals surface area contributed by atoms with Crippen molar-refractivity contribution in [2.24, 2.45) is 0 Å². The Balaban J connectivity index is 1.08. The van der Waals surface area contributed by atoms with Crippen LogP contribution in [0.4, 0.5) is 5.69 Å². The highest BCUT2D eigenvalue weighted by molar-refractivity contribution is 7.26. The SMILES string of the molecule is [C-]#[N+]c1ccc(-c2ccc(-c3nc(-c4ccccc4)nc(-c4cccc5c4sc4cc(-c6nc(-c7ccccc7)nc(-c7ccccc7)n6)ccc45)n3)cc2)cc1. The van der Waals surface area contributed by atoms with E-state index < -0.39 is 0 Å². The molecule has 10 rings (SSSR count). The van der Waals surface area contributed by atoms with Crippen molar-refractivity contribution in [3.05, 3.63) is 187 Å². The molecular formula is C49H29N7S. The number of nitrogens with zero attached hydrogens (tertiary/aromatic N) is 7. The van der Waals surface area contributed by atoms with Gasteiger partial charge < -0.3 is 0 Å². The molecule has 7 nitrogen and oxygen atoms in total. The van der Waals surface area contributed by atoms with Crippen molar-refractivity contribution in [3.8, 4) is 79.5 Å². The lowest BCUT2D eigenvalue weighted by atomic mass is 10.0. The highest BCUT2D eigenvalue weighted by Gasteiger charge is 2.18. The molecule has 8 heteroatoms. The maximum absolute atomic E-state index is 7.28. The van der Waals surface area contributed by atoms with E-state index in [1.807, 2.05) is 127 Å². The van der Waals surface area contributed by atoms with Crippen molar-refractivity contribution in [2.45, 2.75) is 0 Å². The van der Waals surface area contributed by atoms with E-state index in [1.54, 1.807) is 11.3 Å². The van der Waals surface area contributed by atoms with E-state index in [2.05, 4.69) is 53.4 Å². The summed E-state index contributed by atoms with van der Waals surface area (Å²) in [6, 6.07) is 58.7. The Bertz CT molecular complexity index is 3050. The van der Waals surface area contributed by atoms with Gasteiger partial charge in [0.05, 0.1) is 6.57 Å². The van der Waals surface area contributed by atoms with Crippen molar-refractivity contribution in [1.82, 2.24) is 29.9 Å². The molecule has 3 aromatic heterocycles. The summed E-state index contributed by atoms with van der Waals surface area (Å²) in [5.41, 5.74) is 8.21. The van der Waals surface area contributed by atoms with E-state index >= 15 is 0 Å². The monoisotopic (exact) mass is 747 g/mol. The van der Waals surface area contributed by atoms with Gasteiger partial charge >= 0.3 is 0 Å². The molecule has 57 heavy (non-hydrogen) atoms. The van der Waals surface area contributed by atoms with Crippen LogP contribution in [0.1, 0.15) is 0 Å². The van der Waals surface area contributed by atoms with Gasteiger partial charge in [0.25, 0.3) is 0 Å². The first kappa shape index (κ1) is 33.8. The minimum atomic E-state index is 0.590. The van der Waals surface area contributed by atoms with E-state index in [-0.39, 0.29) is 0 Å². The second-order valence-electron chi connectivity index (χ2n) is 13.4. The lowest BCUT2D eigenvalue weighted by Gasteiger charge is -2.10. The first-order chi connectivity index (χ1) is 28.2. The first-order valence-corrected chi connectivity index (χ1v) is 19.2. The zero-order valence-corrected chi connectivity index (χ0v) is 31.1. The van der Waals surface area contributed by atoms with Gasteiger partial charge in [0.15, 0.2) is 40.6 Å². The molecule has 0 aliphatic carbocycles. The van der Waals surface area contributed by atoms with Crippen molar-refractivity contribution in [2.75, 3.05) is 0 Å². The minimum absolute atomic E-state index is 0.590. The summed E-state index contributed by atoms with van der Waals surface area (Å²) >= 11 is 1.71. The molecule has 0 radical (unpaired) electrons. The fourth-order valence-corrected chi connectivity index (χ4v) is 8.18.